The fourth-order valence-electron chi connectivity index (χ4n) is 2.34. The summed E-state index contributed by atoms with van der Waals surface area (Å²) in [6, 6.07) is 11.2. The van der Waals surface area contributed by atoms with Gasteiger partial charge in [0.15, 0.2) is 0 Å². The number of hydrogen-bond donors (Lipinski definition) is 0. The van der Waals surface area contributed by atoms with Crippen molar-refractivity contribution < 1.29 is 0 Å². The van der Waals surface area contributed by atoms with Crippen LogP contribution in [0.5, 0.6) is 0 Å². The second-order valence-electron chi connectivity index (χ2n) is 6.06. The maximum Gasteiger partial charge on any atom is 0.103 e. The van der Waals surface area contributed by atoms with Crippen LogP contribution in [0.15, 0.2) is 53.8 Å². The lowest BCUT2D eigenvalue weighted by Gasteiger charge is -2.27. The molecule has 3 heteroatoms. The van der Waals surface area contributed by atoms with E-state index in [1.807, 2.05) is 0 Å². The van der Waals surface area contributed by atoms with Gasteiger partial charge in [-0.3, -0.25) is 0 Å². The minimum absolute atomic E-state index is 0.167. The summed E-state index contributed by atoms with van der Waals surface area (Å²) < 4.78 is 0. The molecule has 0 saturated carbocycles. The van der Waals surface area contributed by atoms with Gasteiger partial charge in [0.2, 0.25) is 0 Å². The van der Waals surface area contributed by atoms with Crippen LogP contribution >= 0.6 is 0 Å². The average Bonchev–Trinajstić information content (AvgIpc) is 2.35. The SMILES string of the molecule is C[Si](C)[Si][Si](C1=CC(C)(C)CC=C1)c1ccccc1. The van der Waals surface area contributed by atoms with Gasteiger partial charge in [0.05, 0.1) is 0 Å². The first-order valence-electron chi connectivity index (χ1n) is 6.87. The summed E-state index contributed by atoms with van der Waals surface area (Å²) in [6.07, 6.45) is 8.52. The van der Waals surface area contributed by atoms with E-state index in [0.717, 1.165) is 8.55 Å². The van der Waals surface area contributed by atoms with Crippen molar-refractivity contribution in [3.63, 3.8) is 0 Å². The van der Waals surface area contributed by atoms with Crippen LogP contribution in [-0.4, -0.2) is 25.2 Å². The van der Waals surface area contributed by atoms with Crippen molar-refractivity contribution >= 4 is 30.4 Å². The lowest BCUT2D eigenvalue weighted by atomic mass is 9.86. The van der Waals surface area contributed by atoms with Crippen LogP contribution < -0.4 is 5.19 Å². The second-order valence-corrected chi connectivity index (χ2v) is 17.7. The van der Waals surface area contributed by atoms with E-state index in [1.165, 1.54) is 6.42 Å². The van der Waals surface area contributed by atoms with Crippen LogP contribution in [0.25, 0.3) is 0 Å². The van der Waals surface area contributed by atoms with E-state index in [9.17, 15) is 0 Å². The quantitative estimate of drug-likeness (QED) is 0.748. The van der Waals surface area contributed by atoms with Gasteiger partial charge in [-0.25, -0.2) is 0 Å². The Morgan fingerprint density at radius 1 is 1.11 bits per heavy atom. The summed E-state index contributed by atoms with van der Waals surface area (Å²) in [5.74, 6) is 0. The molecule has 0 saturated heterocycles. The molecule has 0 heterocycles. The Labute approximate surface area is 123 Å². The Balaban J connectivity index is 2.33. The third-order valence-corrected chi connectivity index (χ3v) is 16.5. The minimum atomic E-state index is -0.545. The van der Waals surface area contributed by atoms with E-state index in [2.05, 4.69) is 75.5 Å². The van der Waals surface area contributed by atoms with Crippen molar-refractivity contribution in [3.05, 3.63) is 53.8 Å². The van der Waals surface area contributed by atoms with Crippen LogP contribution in [0.2, 0.25) is 13.1 Å². The topological polar surface area (TPSA) is 0 Å². The molecule has 0 nitrogen and oxygen atoms in total. The smallest absolute Gasteiger partial charge is 0.0838 e. The highest BCUT2D eigenvalue weighted by Crippen LogP contribution is 2.29. The molecule has 0 amide bonds. The molecule has 0 aromatic heterocycles. The summed E-state index contributed by atoms with van der Waals surface area (Å²) >= 11 is 0. The Kier molecular flexibility index (Phi) is 4.81. The third kappa shape index (κ3) is 4.16. The molecule has 0 spiro atoms. The second kappa shape index (κ2) is 6.20. The zero-order valence-electron chi connectivity index (χ0n) is 12.3. The summed E-state index contributed by atoms with van der Waals surface area (Å²) in [7, 11) is 0.436. The van der Waals surface area contributed by atoms with Crippen molar-refractivity contribution in [2.45, 2.75) is 33.4 Å². The fraction of sp³-hybridized carbons (Fsp3) is 0.375. The lowest BCUT2D eigenvalue weighted by molar-refractivity contribution is 0.483. The highest BCUT2D eigenvalue weighted by atomic mass is 29.6. The molecule has 0 N–H and O–H groups in total. The maximum absolute atomic E-state index is 2.55. The Morgan fingerprint density at radius 2 is 1.79 bits per heavy atom. The summed E-state index contributed by atoms with van der Waals surface area (Å²) in [6.45, 7) is 9.62. The van der Waals surface area contributed by atoms with Gasteiger partial charge in [-0.15, -0.1) is 0 Å². The van der Waals surface area contributed by atoms with E-state index in [1.54, 1.807) is 10.4 Å². The lowest BCUT2D eigenvalue weighted by Crippen LogP contribution is -2.44. The molecule has 0 unspecified atom stereocenters. The van der Waals surface area contributed by atoms with Gasteiger partial charge < -0.3 is 0 Å². The predicted molar refractivity (Wildman–Crippen MR) is 90.7 cm³/mol. The van der Waals surface area contributed by atoms with Crippen molar-refractivity contribution in [3.8, 4) is 0 Å². The van der Waals surface area contributed by atoms with Gasteiger partial charge in [-0.2, -0.15) is 0 Å². The molecule has 4 radical (unpaired) electrons. The zero-order valence-corrected chi connectivity index (χ0v) is 15.3. The molecule has 1 aliphatic carbocycles. The molecule has 98 valence electrons. The predicted octanol–water partition coefficient (Wildman–Crippen LogP) is 3.29. The normalized spacial score (nSPS) is 17.9. The number of hydrogen-bond acceptors (Lipinski definition) is 0. The molecule has 1 aromatic carbocycles. The molecule has 1 aliphatic rings. The maximum atomic E-state index is 2.55. The number of rotatable bonds is 4. The molecule has 1 aromatic rings. The average molecular weight is 299 g/mol. The van der Waals surface area contributed by atoms with E-state index in [4.69, 9.17) is 0 Å². The Morgan fingerprint density at radius 3 is 2.37 bits per heavy atom. The molecular weight excluding hydrogens is 276 g/mol. The van der Waals surface area contributed by atoms with Crippen LogP contribution in [0.4, 0.5) is 0 Å². The largest absolute Gasteiger partial charge is 0.103 e. The minimum Gasteiger partial charge on any atom is -0.0838 e. The van der Waals surface area contributed by atoms with Gasteiger partial charge in [-0.1, -0.05) is 85.9 Å². The fourth-order valence-corrected chi connectivity index (χ4v) is 15.2. The van der Waals surface area contributed by atoms with Crippen molar-refractivity contribution in [2.75, 3.05) is 0 Å². The van der Waals surface area contributed by atoms with E-state index < -0.39 is 8.31 Å². The molecule has 19 heavy (non-hydrogen) atoms. The van der Waals surface area contributed by atoms with Crippen LogP contribution in [0.3, 0.4) is 0 Å². The molecule has 0 aliphatic heterocycles. The van der Waals surface area contributed by atoms with Gasteiger partial charge in [-0.05, 0) is 11.8 Å². The van der Waals surface area contributed by atoms with Gasteiger partial charge in [0.1, 0.15) is 8.31 Å². The number of benzene rings is 1. The Bertz CT molecular complexity index is 472. The first-order chi connectivity index (χ1) is 8.98. The van der Waals surface area contributed by atoms with E-state index in [0.29, 0.717) is 5.41 Å². The van der Waals surface area contributed by atoms with E-state index >= 15 is 0 Å². The number of allylic oxidation sites excluding steroid dienone is 4. The van der Waals surface area contributed by atoms with Gasteiger partial charge >= 0.3 is 0 Å². The first kappa shape index (κ1) is 14.8. The van der Waals surface area contributed by atoms with Crippen LogP contribution in [0, 0.1) is 5.41 Å². The zero-order chi connectivity index (χ0) is 13.9. The molecular formula is C16H22Si3. The molecule has 0 bridgehead atoms. The first-order valence-corrected chi connectivity index (χ1v) is 13.9. The van der Waals surface area contributed by atoms with Crippen LogP contribution in [0.1, 0.15) is 20.3 Å². The highest BCUT2D eigenvalue weighted by Gasteiger charge is 2.25. The molecule has 0 atom stereocenters. The van der Waals surface area contributed by atoms with Crippen molar-refractivity contribution in [1.29, 1.82) is 0 Å². The van der Waals surface area contributed by atoms with Gasteiger partial charge in [0, 0.05) is 16.9 Å². The molecule has 0 fully saturated rings. The van der Waals surface area contributed by atoms with E-state index in [-0.39, 0.29) is 8.31 Å². The van der Waals surface area contributed by atoms with Crippen molar-refractivity contribution in [1.82, 2.24) is 0 Å². The van der Waals surface area contributed by atoms with Crippen molar-refractivity contribution in [2.24, 2.45) is 5.41 Å². The summed E-state index contributed by atoms with van der Waals surface area (Å²) in [4.78, 5) is 0. The molecule has 2 rings (SSSR count). The van der Waals surface area contributed by atoms with Gasteiger partial charge in [0.25, 0.3) is 0 Å². The monoisotopic (exact) mass is 298 g/mol. The highest BCUT2D eigenvalue weighted by molar-refractivity contribution is 7.46. The van der Waals surface area contributed by atoms with Crippen LogP contribution in [-0.2, 0) is 0 Å². The third-order valence-electron chi connectivity index (χ3n) is 3.21. The summed E-state index contributed by atoms with van der Waals surface area (Å²) in [5, 5.41) is 3.22. The Hall–Kier alpha value is -0.649. The standard InChI is InChI=1S/C16H22Si3/c1-16(2)12-8-11-15(13-16)19(17-18(3)4)14-9-6-5-7-10-14/h5-11,13H,12H2,1-4H3. The summed E-state index contributed by atoms with van der Waals surface area (Å²) in [5.41, 5.74) is 0.341.